The van der Waals surface area contributed by atoms with E-state index in [1.807, 2.05) is 12.1 Å². The minimum atomic E-state index is 0.699. The highest BCUT2D eigenvalue weighted by Gasteiger charge is 2.11. The molecule has 1 aromatic heterocycles. The number of rotatable bonds is 5. The molecule has 1 aliphatic heterocycles. The predicted octanol–water partition coefficient (Wildman–Crippen LogP) is 3.15. The maximum atomic E-state index is 5.59. The van der Waals surface area contributed by atoms with Gasteiger partial charge in [-0.25, -0.2) is 4.98 Å². The Hall–Kier alpha value is -0.610. The minimum Gasteiger partial charge on any atom is -0.478 e. The first-order valence-electron chi connectivity index (χ1n) is 6.32. The monoisotopic (exact) mass is 298 g/mol. The van der Waals surface area contributed by atoms with Crippen LogP contribution < -0.4 is 10.1 Å². The molecule has 0 amide bonds. The summed E-state index contributed by atoms with van der Waals surface area (Å²) in [4.78, 5) is 4.18. The maximum absolute atomic E-state index is 5.59. The Morgan fingerprint density at radius 1 is 1.41 bits per heavy atom. The lowest BCUT2D eigenvalue weighted by Crippen LogP contribution is -2.34. The van der Waals surface area contributed by atoms with Crippen LogP contribution in [0.25, 0.3) is 0 Å². The van der Waals surface area contributed by atoms with E-state index < -0.39 is 0 Å². The number of nitrogens with zero attached hydrogens (tertiary/aromatic N) is 1. The summed E-state index contributed by atoms with van der Waals surface area (Å²) in [7, 11) is 0. The molecule has 0 radical (unpaired) electrons. The van der Waals surface area contributed by atoms with Gasteiger partial charge in [0.25, 0.3) is 0 Å². The van der Waals surface area contributed by atoms with Crippen LogP contribution in [-0.4, -0.2) is 24.2 Å². The van der Waals surface area contributed by atoms with Crippen LogP contribution in [-0.2, 0) is 0 Å². The van der Waals surface area contributed by atoms with E-state index >= 15 is 0 Å². The van der Waals surface area contributed by atoms with Gasteiger partial charge < -0.3 is 10.1 Å². The van der Waals surface area contributed by atoms with Gasteiger partial charge >= 0.3 is 0 Å². The molecule has 94 valence electrons. The second-order valence-corrected chi connectivity index (χ2v) is 5.37. The van der Waals surface area contributed by atoms with E-state index in [0.29, 0.717) is 11.9 Å². The zero-order valence-electron chi connectivity index (χ0n) is 9.99. The quantitative estimate of drug-likeness (QED) is 0.848. The lowest BCUT2D eigenvalue weighted by Gasteiger charge is -2.23. The van der Waals surface area contributed by atoms with Crippen molar-refractivity contribution in [3.8, 4) is 5.88 Å². The molecule has 0 spiro atoms. The number of hydrogen-bond acceptors (Lipinski definition) is 3. The largest absolute Gasteiger partial charge is 0.478 e. The lowest BCUT2D eigenvalue weighted by atomic mass is 10.0. The van der Waals surface area contributed by atoms with Gasteiger partial charge in [-0.05, 0) is 54.2 Å². The summed E-state index contributed by atoms with van der Waals surface area (Å²) in [5.74, 6) is 0.713. The standard InChI is InChI=1S/C13H19BrN2O/c14-11-6-7-13(16-10-11)17-9-3-5-12-4-1-2-8-15-12/h6-7,10,12,15H,1-5,8-9H2/t12-/m1/s1. The van der Waals surface area contributed by atoms with Gasteiger partial charge in [0, 0.05) is 22.8 Å². The fourth-order valence-electron chi connectivity index (χ4n) is 2.12. The Labute approximate surface area is 111 Å². The molecular formula is C13H19BrN2O. The van der Waals surface area contributed by atoms with Crippen LogP contribution in [0, 0.1) is 0 Å². The Morgan fingerprint density at radius 2 is 2.35 bits per heavy atom. The molecule has 1 aliphatic rings. The number of ether oxygens (including phenoxy) is 1. The van der Waals surface area contributed by atoms with Crippen LogP contribution in [0.4, 0.5) is 0 Å². The van der Waals surface area contributed by atoms with E-state index in [1.54, 1.807) is 6.20 Å². The molecule has 0 aliphatic carbocycles. The van der Waals surface area contributed by atoms with Gasteiger partial charge in [0.15, 0.2) is 0 Å². The van der Waals surface area contributed by atoms with Gasteiger partial charge in [-0.1, -0.05) is 6.42 Å². The first kappa shape index (κ1) is 12.8. The molecular weight excluding hydrogens is 280 g/mol. The van der Waals surface area contributed by atoms with Crippen LogP contribution in [0.5, 0.6) is 5.88 Å². The van der Waals surface area contributed by atoms with Gasteiger partial charge in [-0.3, -0.25) is 0 Å². The summed E-state index contributed by atoms with van der Waals surface area (Å²) in [5.41, 5.74) is 0. The Kier molecular flexibility index (Phi) is 5.26. The summed E-state index contributed by atoms with van der Waals surface area (Å²) < 4.78 is 6.57. The molecule has 1 fully saturated rings. The molecule has 0 saturated carbocycles. The third kappa shape index (κ3) is 4.64. The summed E-state index contributed by atoms with van der Waals surface area (Å²) in [6.07, 6.45) is 8.07. The SMILES string of the molecule is Brc1ccc(OCCC[C@H]2CCCCN2)nc1. The summed E-state index contributed by atoms with van der Waals surface area (Å²) >= 11 is 3.35. The second-order valence-electron chi connectivity index (χ2n) is 4.45. The van der Waals surface area contributed by atoms with Gasteiger partial charge in [-0.2, -0.15) is 0 Å². The van der Waals surface area contributed by atoms with Crippen molar-refractivity contribution in [2.45, 2.75) is 38.1 Å². The molecule has 1 atom stereocenters. The fourth-order valence-corrected chi connectivity index (χ4v) is 2.36. The minimum absolute atomic E-state index is 0.699. The van der Waals surface area contributed by atoms with Crippen LogP contribution in [0.1, 0.15) is 32.1 Å². The van der Waals surface area contributed by atoms with E-state index in [-0.39, 0.29) is 0 Å². The van der Waals surface area contributed by atoms with Crippen LogP contribution >= 0.6 is 15.9 Å². The third-order valence-electron chi connectivity index (χ3n) is 3.06. The maximum Gasteiger partial charge on any atom is 0.213 e. The Morgan fingerprint density at radius 3 is 3.06 bits per heavy atom. The molecule has 0 bridgehead atoms. The topological polar surface area (TPSA) is 34.1 Å². The molecule has 2 heterocycles. The third-order valence-corrected chi connectivity index (χ3v) is 3.53. The van der Waals surface area contributed by atoms with Gasteiger partial charge in [0.1, 0.15) is 0 Å². The van der Waals surface area contributed by atoms with Crippen molar-refractivity contribution in [2.24, 2.45) is 0 Å². The molecule has 17 heavy (non-hydrogen) atoms. The summed E-state index contributed by atoms with van der Waals surface area (Å²) in [6.45, 7) is 1.94. The highest BCUT2D eigenvalue weighted by atomic mass is 79.9. The fraction of sp³-hybridized carbons (Fsp3) is 0.615. The van der Waals surface area contributed by atoms with Crippen molar-refractivity contribution in [1.82, 2.24) is 10.3 Å². The lowest BCUT2D eigenvalue weighted by molar-refractivity contribution is 0.276. The van der Waals surface area contributed by atoms with Gasteiger partial charge in [0.05, 0.1) is 6.61 Å². The number of aromatic nitrogens is 1. The average Bonchev–Trinajstić information content (AvgIpc) is 2.38. The van der Waals surface area contributed by atoms with Crippen molar-refractivity contribution < 1.29 is 4.74 Å². The number of nitrogens with one attached hydrogen (secondary N) is 1. The number of piperidine rings is 1. The highest BCUT2D eigenvalue weighted by molar-refractivity contribution is 9.10. The smallest absolute Gasteiger partial charge is 0.213 e. The van der Waals surface area contributed by atoms with Crippen molar-refractivity contribution in [3.63, 3.8) is 0 Å². The van der Waals surface area contributed by atoms with Crippen LogP contribution in [0.15, 0.2) is 22.8 Å². The Balaban J connectivity index is 1.60. The number of hydrogen-bond donors (Lipinski definition) is 1. The van der Waals surface area contributed by atoms with E-state index in [4.69, 9.17) is 4.74 Å². The first-order valence-corrected chi connectivity index (χ1v) is 7.11. The van der Waals surface area contributed by atoms with E-state index in [2.05, 4.69) is 26.2 Å². The highest BCUT2D eigenvalue weighted by Crippen LogP contribution is 2.14. The van der Waals surface area contributed by atoms with Crippen molar-refractivity contribution >= 4 is 15.9 Å². The molecule has 4 heteroatoms. The van der Waals surface area contributed by atoms with Crippen LogP contribution in [0.3, 0.4) is 0 Å². The molecule has 1 N–H and O–H groups in total. The van der Waals surface area contributed by atoms with E-state index in [0.717, 1.165) is 17.5 Å². The zero-order chi connectivity index (χ0) is 11.9. The van der Waals surface area contributed by atoms with Crippen LogP contribution in [0.2, 0.25) is 0 Å². The molecule has 1 aromatic rings. The predicted molar refractivity (Wildman–Crippen MR) is 72.3 cm³/mol. The molecule has 3 nitrogen and oxygen atoms in total. The second kappa shape index (κ2) is 6.97. The number of halogens is 1. The molecule has 0 aromatic carbocycles. The summed E-state index contributed by atoms with van der Waals surface area (Å²) in [6, 6.07) is 4.54. The normalized spacial score (nSPS) is 20.2. The Bertz CT molecular complexity index is 323. The summed E-state index contributed by atoms with van der Waals surface area (Å²) in [5, 5.41) is 3.55. The van der Waals surface area contributed by atoms with Gasteiger partial charge in [0.2, 0.25) is 5.88 Å². The van der Waals surface area contributed by atoms with E-state index in [9.17, 15) is 0 Å². The first-order chi connectivity index (χ1) is 8.34. The zero-order valence-corrected chi connectivity index (χ0v) is 11.6. The van der Waals surface area contributed by atoms with E-state index in [1.165, 1.54) is 32.2 Å². The molecule has 1 saturated heterocycles. The molecule has 2 rings (SSSR count). The van der Waals surface area contributed by atoms with Crippen molar-refractivity contribution in [3.05, 3.63) is 22.8 Å². The number of pyridine rings is 1. The van der Waals surface area contributed by atoms with Gasteiger partial charge in [-0.15, -0.1) is 0 Å². The molecule has 0 unspecified atom stereocenters. The van der Waals surface area contributed by atoms with Crippen molar-refractivity contribution in [2.75, 3.05) is 13.2 Å². The van der Waals surface area contributed by atoms with Crippen molar-refractivity contribution in [1.29, 1.82) is 0 Å². The average molecular weight is 299 g/mol.